The van der Waals surface area contributed by atoms with Crippen LogP contribution in [0.2, 0.25) is 0 Å². The molecule has 5 heteroatoms. The Hall–Kier alpha value is -1.59. The highest BCUT2D eigenvalue weighted by Gasteiger charge is 2.27. The zero-order valence-electron chi connectivity index (χ0n) is 16.1. The van der Waals surface area contributed by atoms with E-state index < -0.39 is 0 Å². The lowest BCUT2D eigenvalue weighted by Crippen LogP contribution is -2.54. The number of carbonyl (C=O) groups excluding carboxylic acids is 1. The Morgan fingerprint density at radius 1 is 1.23 bits per heavy atom. The summed E-state index contributed by atoms with van der Waals surface area (Å²) < 4.78 is 0. The molecule has 0 saturated carbocycles. The van der Waals surface area contributed by atoms with Gasteiger partial charge in [0.2, 0.25) is 5.91 Å². The van der Waals surface area contributed by atoms with Crippen LogP contribution in [0.1, 0.15) is 50.7 Å². The van der Waals surface area contributed by atoms with Gasteiger partial charge in [-0.15, -0.1) is 0 Å². The van der Waals surface area contributed by atoms with Crippen LogP contribution in [-0.2, 0) is 17.8 Å². The number of amides is 1. The van der Waals surface area contributed by atoms with Crippen molar-refractivity contribution >= 4 is 5.91 Å². The minimum absolute atomic E-state index is 0.0947. The maximum absolute atomic E-state index is 12.9. The van der Waals surface area contributed by atoms with Crippen molar-refractivity contribution in [2.45, 2.75) is 64.6 Å². The SMILES string of the molecule is CC(C)[C@@H](CN1CCCCCC1)NC(=O)C1Cc2ccc(O)cc2CN1. The van der Waals surface area contributed by atoms with Crippen molar-refractivity contribution < 1.29 is 9.90 Å². The number of rotatable bonds is 5. The Kier molecular flexibility index (Phi) is 6.54. The summed E-state index contributed by atoms with van der Waals surface area (Å²) in [5, 5.41) is 16.2. The van der Waals surface area contributed by atoms with E-state index in [2.05, 4.69) is 29.4 Å². The molecule has 0 aliphatic carbocycles. The normalized spacial score (nSPS) is 22.5. The molecule has 1 unspecified atom stereocenters. The molecule has 1 aromatic carbocycles. The van der Waals surface area contributed by atoms with E-state index in [0.717, 1.165) is 30.8 Å². The average Bonchev–Trinajstić information content (AvgIpc) is 2.89. The molecule has 2 heterocycles. The van der Waals surface area contributed by atoms with E-state index in [1.54, 1.807) is 12.1 Å². The van der Waals surface area contributed by atoms with E-state index in [9.17, 15) is 9.90 Å². The van der Waals surface area contributed by atoms with Crippen LogP contribution >= 0.6 is 0 Å². The molecule has 3 N–H and O–H groups in total. The number of aromatic hydroxyl groups is 1. The van der Waals surface area contributed by atoms with Gasteiger partial charge in [0, 0.05) is 19.1 Å². The predicted molar refractivity (Wildman–Crippen MR) is 104 cm³/mol. The maximum Gasteiger partial charge on any atom is 0.237 e. The summed E-state index contributed by atoms with van der Waals surface area (Å²) in [6.45, 7) is 8.25. The molecule has 26 heavy (non-hydrogen) atoms. The van der Waals surface area contributed by atoms with Gasteiger partial charge < -0.3 is 20.6 Å². The smallest absolute Gasteiger partial charge is 0.237 e. The molecule has 2 aliphatic heterocycles. The van der Waals surface area contributed by atoms with Crippen LogP contribution in [-0.4, -0.2) is 47.6 Å². The second kappa shape index (κ2) is 8.87. The number of nitrogens with one attached hydrogen (secondary N) is 2. The average molecular weight is 360 g/mol. The van der Waals surface area contributed by atoms with Crippen LogP contribution in [0, 0.1) is 5.92 Å². The molecule has 2 atom stereocenters. The van der Waals surface area contributed by atoms with Gasteiger partial charge in [0.1, 0.15) is 5.75 Å². The molecule has 1 amide bonds. The number of phenolic OH excluding ortho intramolecular Hbond substituents is 1. The lowest BCUT2D eigenvalue weighted by molar-refractivity contribution is -0.124. The molecule has 0 spiro atoms. The van der Waals surface area contributed by atoms with Crippen molar-refractivity contribution in [1.29, 1.82) is 0 Å². The molecule has 0 radical (unpaired) electrons. The van der Waals surface area contributed by atoms with Gasteiger partial charge in [0.25, 0.3) is 0 Å². The Morgan fingerprint density at radius 3 is 2.65 bits per heavy atom. The molecule has 5 nitrogen and oxygen atoms in total. The molecule has 3 rings (SSSR count). The number of hydrogen-bond donors (Lipinski definition) is 3. The van der Waals surface area contributed by atoms with E-state index in [1.807, 2.05) is 6.07 Å². The van der Waals surface area contributed by atoms with E-state index in [0.29, 0.717) is 18.9 Å². The second-order valence-electron chi connectivity index (χ2n) is 8.16. The minimum atomic E-state index is -0.197. The number of hydrogen-bond acceptors (Lipinski definition) is 4. The number of fused-ring (bicyclic) bond motifs is 1. The first-order valence-corrected chi connectivity index (χ1v) is 10.1. The Morgan fingerprint density at radius 2 is 1.96 bits per heavy atom. The van der Waals surface area contributed by atoms with E-state index in [-0.39, 0.29) is 23.7 Å². The third kappa shape index (κ3) is 4.98. The first-order chi connectivity index (χ1) is 12.5. The molecule has 1 aromatic rings. The molecule has 2 aliphatic rings. The lowest BCUT2D eigenvalue weighted by Gasteiger charge is -2.32. The third-order valence-corrected chi connectivity index (χ3v) is 5.76. The van der Waals surface area contributed by atoms with Crippen molar-refractivity contribution in [3.8, 4) is 5.75 Å². The highest BCUT2D eigenvalue weighted by atomic mass is 16.3. The van der Waals surface area contributed by atoms with Crippen molar-refractivity contribution in [2.24, 2.45) is 5.92 Å². The van der Waals surface area contributed by atoms with Crippen LogP contribution in [0.25, 0.3) is 0 Å². The molecule has 144 valence electrons. The maximum atomic E-state index is 12.9. The highest BCUT2D eigenvalue weighted by Crippen LogP contribution is 2.22. The lowest BCUT2D eigenvalue weighted by atomic mass is 9.94. The van der Waals surface area contributed by atoms with Crippen LogP contribution in [0.3, 0.4) is 0 Å². The van der Waals surface area contributed by atoms with Gasteiger partial charge in [-0.05, 0) is 61.5 Å². The molecule has 0 aromatic heterocycles. The summed E-state index contributed by atoms with van der Waals surface area (Å²) in [5.41, 5.74) is 2.23. The Bertz CT molecular complexity index is 609. The minimum Gasteiger partial charge on any atom is -0.508 e. The molecular formula is C21H33N3O2. The zero-order chi connectivity index (χ0) is 18.5. The largest absolute Gasteiger partial charge is 0.508 e. The summed E-state index contributed by atoms with van der Waals surface area (Å²) in [6, 6.07) is 5.41. The standard InChI is InChI=1S/C21H33N3O2/c1-15(2)20(14-24-9-5-3-4-6-10-24)23-21(26)19-12-16-7-8-18(25)11-17(16)13-22-19/h7-8,11,15,19-20,22,25H,3-6,9-10,12-14H2,1-2H3,(H,23,26)/t19?,20-/m1/s1. The summed E-state index contributed by atoms with van der Waals surface area (Å²) >= 11 is 0. The van der Waals surface area contributed by atoms with Crippen LogP contribution in [0.4, 0.5) is 0 Å². The van der Waals surface area contributed by atoms with Gasteiger partial charge in [-0.2, -0.15) is 0 Å². The topological polar surface area (TPSA) is 64.6 Å². The summed E-state index contributed by atoms with van der Waals surface area (Å²) in [5.74, 6) is 0.790. The van der Waals surface area contributed by atoms with Crippen molar-refractivity contribution in [3.05, 3.63) is 29.3 Å². The predicted octanol–water partition coefficient (Wildman–Crippen LogP) is 2.42. The molecule has 0 bridgehead atoms. The van der Waals surface area contributed by atoms with Crippen molar-refractivity contribution in [1.82, 2.24) is 15.5 Å². The fourth-order valence-corrected chi connectivity index (χ4v) is 3.99. The van der Waals surface area contributed by atoms with Gasteiger partial charge >= 0.3 is 0 Å². The Labute approximate surface area is 157 Å². The number of likely N-dealkylation sites (tertiary alicyclic amines) is 1. The van der Waals surface area contributed by atoms with Gasteiger partial charge in [-0.3, -0.25) is 4.79 Å². The van der Waals surface area contributed by atoms with Crippen molar-refractivity contribution in [2.75, 3.05) is 19.6 Å². The Balaban J connectivity index is 1.58. The zero-order valence-corrected chi connectivity index (χ0v) is 16.1. The van der Waals surface area contributed by atoms with Crippen molar-refractivity contribution in [3.63, 3.8) is 0 Å². The summed E-state index contributed by atoms with van der Waals surface area (Å²) in [7, 11) is 0. The van der Waals surface area contributed by atoms with E-state index in [4.69, 9.17) is 0 Å². The fraction of sp³-hybridized carbons (Fsp3) is 0.667. The first-order valence-electron chi connectivity index (χ1n) is 10.1. The summed E-state index contributed by atoms with van der Waals surface area (Å²) in [6.07, 6.45) is 5.88. The van der Waals surface area contributed by atoms with E-state index >= 15 is 0 Å². The van der Waals surface area contributed by atoms with Gasteiger partial charge in [-0.25, -0.2) is 0 Å². The second-order valence-corrected chi connectivity index (χ2v) is 8.16. The number of phenols is 1. The van der Waals surface area contributed by atoms with Gasteiger partial charge in [-0.1, -0.05) is 32.8 Å². The number of nitrogens with zero attached hydrogens (tertiary/aromatic N) is 1. The fourth-order valence-electron chi connectivity index (χ4n) is 3.99. The monoisotopic (exact) mass is 359 g/mol. The molecule has 1 fully saturated rings. The molecular weight excluding hydrogens is 326 g/mol. The van der Waals surface area contributed by atoms with Gasteiger partial charge in [0.05, 0.1) is 6.04 Å². The quantitative estimate of drug-likeness (QED) is 0.755. The third-order valence-electron chi connectivity index (χ3n) is 5.76. The highest BCUT2D eigenvalue weighted by molar-refractivity contribution is 5.82. The molecule has 1 saturated heterocycles. The first kappa shape index (κ1) is 19.2. The van der Waals surface area contributed by atoms with Crippen LogP contribution in [0.5, 0.6) is 5.75 Å². The van der Waals surface area contributed by atoms with Gasteiger partial charge in [0.15, 0.2) is 0 Å². The van der Waals surface area contributed by atoms with Crippen LogP contribution < -0.4 is 10.6 Å². The number of benzene rings is 1. The van der Waals surface area contributed by atoms with E-state index in [1.165, 1.54) is 25.7 Å². The number of carbonyl (C=O) groups is 1. The van der Waals surface area contributed by atoms with Crippen LogP contribution in [0.15, 0.2) is 18.2 Å². The summed E-state index contributed by atoms with van der Waals surface area (Å²) in [4.78, 5) is 15.4.